The number of allylic oxidation sites excluding steroid dienone is 4. The Hall–Kier alpha value is -1.97. The number of pyridine rings is 1. The average molecular weight is 381 g/mol. The highest BCUT2D eigenvalue weighted by Gasteiger charge is 2.59. The third-order valence-electron chi connectivity index (χ3n) is 8.64. The molecule has 4 unspecified atom stereocenters. The highest BCUT2D eigenvalue weighted by molar-refractivity contribution is 5.96. The highest BCUT2D eigenvalue weighted by Crippen LogP contribution is 2.66. The molecule has 4 aliphatic rings. The maximum atomic E-state index is 15.4. The van der Waals surface area contributed by atoms with Crippen molar-refractivity contribution in [3.8, 4) is 0 Å². The van der Waals surface area contributed by atoms with Crippen LogP contribution in [0.4, 0.5) is 4.39 Å². The van der Waals surface area contributed by atoms with Gasteiger partial charge >= 0.3 is 0 Å². The van der Waals surface area contributed by atoms with E-state index in [1.807, 2.05) is 24.5 Å². The minimum Gasteiger partial charge on any atom is -0.411 e. The van der Waals surface area contributed by atoms with Crippen LogP contribution in [0.25, 0.3) is 5.57 Å². The predicted octanol–water partition coefficient (Wildman–Crippen LogP) is 5.82. The SMILES string of the molecule is C[C@]12CC/C(=N/O)C=C1C(F)CC1C2CC[C@]2(C)C(c3cccnc3)=CCC12. The van der Waals surface area contributed by atoms with Crippen LogP contribution in [0, 0.1) is 28.6 Å². The zero-order chi connectivity index (χ0) is 19.5. The summed E-state index contributed by atoms with van der Waals surface area (Å²) < 4.78 is 15.4. The minimum absolute atomic E-state index is 0.102. The number of fused-ring (bicyclic) bond motifs is 5. The standard InChI is InChI=1S/C24H29FN2O/c1-23-10-8-20-17(19(23)6-5-18(23)15-4-3-11-26-14-15)13-22(25)21-12-16(27-28)7-9-24(20,21)2/h3-5,11-12,14,17,19-20,22,28H,6-10,13H2,1-2H3/b27-16-/t17?,19?,20?,22?,23-,24-/m1/s1. The van der Waals surface area contributed by atoms with E-state index in [0.717, 1.165) is 37.7 Å². The summed E-state index contributed by atoms with van der Waals surface area (Å²) in [5.74, 6) is 1.44. The summed E-state index contributed by atoms with van der Waals surface area (Å²) in [5, 5.41) is 12.6. The van der Waals surface area contributed by atoms with E-state index < -0.39 is 6.17 Å². The van der Waals surface area contributed by atoms with Crippen LogP contribution in [-0.4, -0.2) is 22.1 Å². The molecule has 0 radical (unpaired) electrons. The quantitative estimate of drug-likeness (QED) is 0.493. The number of hydrogen-bond acceptors (Lipinski definition) is 3. The van der Waals surface area contributed by atoms with Gasteiger partial charge in [0.25, 0.3) is 0 Å². The number of nitrogens with zero attached hydrogens (tertiary/aromatic N) is 2. The second kappa shape index (κ2) is 6.27. The van der Waals surface area contributed by atoms with E-state index >= 15 is 4.39 Å². The van der Waals surface area contributed by atoms with E-state index in [9.17, 15) is 5.21 Å². The average Bonchev–Trinajstić information content (AvgIpc) is 3.06. The fourth-order valence-electron chi connectivity index (χ4n) is 7.19. The number of alkyl halides is 1. The number of rotatable bonds is 1. The number of hydrogen-bond donors (Lipinski definition) is 1. The Morgan fingerprint density at radius 2 is 2.07 bits per heavy atom. The lowest BCUT2D eigenvalue weighted by atomic mass is 9.46. The molecular weight excluding hydrogens is 351 g/mol. The Kier molecular flexibility index (Phi) is 4.05. The minimum atomic E-state index is -0.923. The van der Waals surface area contributed by atoms with Crippen molar-refractivity contribution in [1.82, 2.24) is 4.98 Å². The van der Waals surface area contributed by atoms with Crippen LogP contribution in [0.5, 0.6) is 0 Å². The maximum Gasteiger partial charge on any atom is 0.122 e. The first-order valence-corrected chi connectivity index (χ1v) is 10.7. The molecule has 2 fully saturated rings. The van der Waals surface area contributed by atoms with Crippen molar-refractivity contribution in [1.29, 1.82) is 0 Å². The molecule has 0 aliphatic heterocycles. The van der Waals surface area contributed by atoms with E-state index in [4.69, 9.17) is 0 Å². The Labute approximate surface area is 166 Å². The van der Waals surface area contributed by atoms with Crippen molar-refractivity contribution in [2.75, 3.05) is 0 Å². The predicted molar refractivity (Wildman–Crippen MR) is 109 cm³/mol. The molecule has 0 spiro atoms. The molecule has 5 rings (SSSR count). The molecule has 1 heterocycles. The van der Waals surface area contributed by atoms with Crippen LogP contribution in [0.15, 0.2) is 47.4 Å². The number of oxime groups is 1. The molecule has 0 saturated heterocycles. The van der Waals surface area contributed by atoms with Crippen molar-refractivity contribution in [2.45, 2.75) is 58.5 Å². The molecule has 1 aromatic rings. The van der Waals surface area contributed by atoms with Gasteiger partial charge in [0.1, 0.15) is 6.17 Å². The fourth-order valence-corrected chi connectivity index (χ4v) is 7.19. The molecule has 4 aliphatic carbocycles. The van der Waals surface area contributed by atoms with E-state index in [1.165, 1.54) is 11.1 Å². The van der Waals surface area contributed by atoms with Gasteiger partial charge in [-0.3, -0.25) is 4.98 Å². The van der Waals surface area contributed by atoms with Gasteiger partial charge in [-0.05, 0) is 96.0 Å². The van der Waals surface area contributed by atoms with E-state index in [0.29, 0.717) is 29.9 Å². The molecule has 28 heavy (non-hydrogen) atoms. The molecule has 1 N–H and O–H groups in total. The summed E-state index contributed by atoms with van der Waals surface area (Å²) in [5.41, 5.74) is 4.18. The second-order valence-corrected chi connectivity index (χ2v) is 9.74. The lowest BCUT2D eigenvalue weighted by molar-refractivity contribution is -0.0393. The van der Waals surface area contributed by atoms with Crippen molar-refractivity contribution >= 4 is 11.3 Å². The lowest BCUT2D eigenvalue weighted by Gasteiger charge is -2.58. The topological polar surface area (TPSA) is 45.5 Å². The van der Waals surface area contributed by atoms with Gasteiger partial charge in [0.2, 0.25) is 0 Å². The first-order chi connectivity index (χ1) is 13.5. The van der Waals surface area contributed by atoms with Gasteiger partial charge in [-0.1, -0.05) is 31.1 Å². The van der Waals surface area contributed by atoms with Crippen LogP contribution in [0.1, 0.15) is 57.9 Å². The van der Waals surface area contributed by atoms with Crippen molar-refractivity contribution < 1.29 is 9.60 Å². The molecule has 1 aromatic heterocycles. The molecule has 2 saturated carbocycles. The number of aromatic nitrogens is 1. The van der Waals surface area contributed by atoms with Crippen molar-refractivity contribution in [3.63, 3.8) is 0 Å². The summed E-state index contributed by atoms with van der Waals surface area (Å²) in [7, 11) is 0. The number of halogens is 1. The van der Waals surface area contributed by atoms with Crippen LogP contribution in [0.2, 0.25) is 0 Å². The molecule has 148 valence electrons. The summed E-state index contributed by atoms with van der Waals surface area (Å²) >= 11 is 0. The molecule has 0 aromatic carbocycles. The first-order valence-electron chi connectivity index (χ1n) is 10.7. The third-order valence-corrected chi connectivity index (χ3v) is 8.64. The van der Waals surface area contributed by atoms with Crippen LogP contribution >= 0.6 is 0 Å². The van der Waals surface area contributed by atoms with E-state index in [-0.39, 0.29) is 10.8 Å². The van der Waals surface area contributed by atoms with E-state index in [1.54, 1.807) is 0 Å². The maximum absolute atomic E-state index is 15.4. The molecule has 4 heteroatoms. The molecule has 0 bridgehead atoms. The third kappa shape index (κ3) is 2.39. The van der Waals surface area contributed by atoms with Gasteiger partial charge in [0, 0.05) is 12.4 Å². The largest absolute Gasteiger partial charge is 0.411 e. The highest BCUT2D eigenvalue weighted by atomic mass is 19.1. The fraction of sp³-hybridized carbons (Fsp3) is 0.583. The van der Waals surface area contributed by atoms with E-state index in [2.05, 4.69) is 36.1 Å². The normalized spacial score (nSPS) is 43.6. The van der Waals surface area contributed by atoms with Gasteiger partial charge in [0.15, 0.2) is 0 Å². The second-order valence-electron chi connectivity index (χ2n) is 9.74. The molecule has 3 nitrogen and oxygen atoms in total. The van der Waals surface area contributed by atoms with Crippen LogP contribution in [0.3, 0.4) is 0 Å². The smallest absolute Gasteiger partial charge is 0.122 e. The summed E-state index contributed by atoms with van der Waals surface area (Å²) in [6.45, 7) is 4.67. The van der Waals surface area contributed by atoms with Crippen LogP contribution in [-0.2, 0) is 0 Å². The monoisotopic (exact) mass is 380 g/mol. The summed E-state index contributed by atoms with van der Waals surface area (Å²) in [6.07, 6.45) is 12.7. The zero-order valence-corrected chi connectivity index (χ0v) is 16.7. The first kappa shape index (κ1) is 18.1. The van der Waals surface area contributed by atoms with Gasteiger partial charge in [-0.15, -0.1) is 0 Å². The van der Waals surface area contributed by atoms with Crippen molar-refractivity contribution in [3.05, 3.63) is 47.8 Å². The molecule has 6 atom stereocenters. The van der Waals surface area contributed by atoms with Gasteiger partial charge in [-0.25, -0.2) is 4.39 Å². The summed E-state index contributed by atoms with van der Waals surface area (Å²) in [6, 6.07) is 4.17. The zero-order valence-electron chi connectivity index (χ0n) is 16.7. The van der Waals surface area contributed by atoms with Gasteiger partial charge < -0.3 is 5.21 Å². The van der Waals surface area contributed by atoms with Crippen molar-refractivity contribution in [2.24, 2.45) is 33.7 Å². The lowest BCUT2D eigenvalue weighted by Crippen LogP contribution is -2.52. The van der Waals surface area contributed by atoms with Gasteiger partial charge in [-0.2, -0.15) is 0 Å². The van der Waals surface area contributed by atoms with Crippen LogP contribution < -0.4 is 0 Å². The molecular formula is C24H29FN2O. The Bertz CT molecular complexity index is 876. The van der Waals surface area contributed by atoms with Gasteiger partial charge in [0.05, 0.1) is 5.71 Å². The Balaban J connectivity index is 1.50. The Morgan fingerprint density at radius 1 is 1.21 bits per heavy atom. The Morgan fingerprint density at radius 3 is 2.82 bits per heavy atom. The molecule has 0 amide bonds. The summed E-state index contributed by atoms with van der Waals surface area (Å²) in [4.78, 5) is 4.33.